The molecule has 0 aromatic carbocycles. The first-order valence-corrected chi connectivity index (χ1v) is 17.4. The number of hydrogen-bond acceptors (Lipinski definition) is 6. The van der Waals surface area contributed by atoms with E-state index in [1.165, 1.54) is 87.3 Å². The summed E-state index contributed by atoms with van der Waals surface area (Å²) in [5, 5.41) is 4.42. The van der Waals surface area contributed by atoms with Crippen molar-refractivity contribution in [2.75, 3.05) is 0 Å². The number of thiophene rings is 6. The van der Waals surface area contributed by atoms with Gasteiger partial charge in [0.2, 0.25) is 0 Å². The topological polar surface area (TPSA) is 0 Å². The van der Waals surface area contributed by atoms with E-state index in [0.29, 0.717) is 0 Å². The van der Waals surface area contributed by atoms with Crippen molar-refractivity contribution < 1.29 is 0 Å². The number of rotatable bonds is 5. The molecule has 0 fully saturated rings. The van der Waals surface area contributed by atoms with Gasteiger partial charge in [-0.3, -0.25) is 0 Å². The van der Waals surface area contributed by atoms with Gasteiger partial charge in [-0.1, -0.05) is 12.1 Å². The Labute approximate surface area is 235 Å². The van der Waals surface area contributed by atoms with Crippen LogP contribution >= 0.6 is 68.0 Å². The molecule has 6 heteroatoms. The third-order valence-corrected chi connectivity index (χ3v) is 14.7. The highest BCUT2D eigenvalue weighted by atomic mass is 32.1. The fourth-order valence-electron chi connectivity index (χ4n) is 5.74. The lowest BCUT2D eigenvalue weighted by molar-refractivity contribution is 0.912. The Morgan fingerprint density at radius 3 is 1.17 bits per heavy atom. The van der Waals surface area contributed by atoms with E-state index in [2.05, 4.69) is 59.3 Å². The van der Waals surface area contributed by atoms with Gasteiger partial charge < -0.3 is 0 Å². The van der Waals surface area contributed by atoms with E-state index in [-0.39, 0.29) is 0 Å². The zero-order chi connectivity index (χ0) is 23.6. The van der Waals surface area contributed by atoms with Crippen LogP contribution in [0.3, 0.4) is 0 Å². The van der Waals surface area contributed by atoms with Crippen LogP contribution in [0.2, 0.25) is 0 Å². The van der Waals surface area contributed by atoms with Crippen molar-refractivity contribution in [3.8, 4) is 48.8 Å². The summed E-state index contributed by atoms with van der Waals surface area (Å²) < 4.78 is 0. The highest BCUT2D eigenvalue weighted by Crippen LogP contribution is 2.52. The van der Waals surface area contributed by atoms with Crippen LogP contribution in [-0.4, -0.2) is 0 Å². The molecule has 0 unspecified atom stereocenters. The van der Waals surface area contributed by atoms with Crippen LogP contribution in [-0.2, 0) is 25.7 Å². The summed E-state index contributed by atoms with van der Waals surface area (Å²) in [6, 6.07) is 18.4. The van der Waals surface area contributed by atoms with Crippen LogP contribution in [0.4, 0.5) is 0 Å². The van der Waals surface area contributed by atoms with Gasteiger partial charge >= 0.3 is 0 Å². The highest BCUT2D eigenvalue weighted by molar-refractivity contribution is 7.30. The summed E-state index contributed by atoms with van der Waals surface area (Å²) in [7, 11) is 0. The Hall–Kier alpha value is -1.80. The van der Waals surface area contributed by atoms with Crippen LogP contribution in [0.1, 0.15) is 35.1 Å². The summed E-state index contributed by atoms with van der Waals surface area (Å²) in [6.07, 6.45) is 7.55. The monoisotopic (exact) mass is 574 g/mol. The third-order valence-electron chi connectivity index (χ3n) is 7.33. The predicted octanol–water partition coefficient (Wildman–Crippen LogP) is 11.4. The van der Waals surface area contributed by atoms with Gasteiger partial charge in [-0.05, 0) is 108 Å². The van der Waals surface area contributed by atoms with E-state index in [9.17, 15) is 0 Å². The maximum Gasteiger partial charge on any atom is 0.0484 e. The number of hydrogen-bond donors (Lipinski definition) is 0. The first-order chi connectivity index (χ1) is 17.8. The lowest BCUT2D eigenvalue weighted by Gasteiger charge is -1.97. The molecule has 0 nitrogen and oxygen atoms in total. The van der Waals surface area contributed by atoms with Gasteiger partial charge in [0.15, 0.2) is 0 Å². The molecule has 8 rings (SSSR count). The normalized spacial score (nSPS) is 14.6. The summed E-state index contributed by atoms with van der Waals surface area (Å²) in [6.45, 7) is 0. The lowest BCUT2D eigenvalue weighted by Crippen LogP contribution is -1.77. The molecule has 0 bridgehead atoms. The fraction of sp³-hybridized carbons (Fsp3) is 0.200. The minimum Gasteiger partial charge on any atom is -0.143 e. The zero-order valence-corrected chi connectivity index (χ0v) is 24.4. The lowest BCUT2D eigenvalue weighted by atomic mass is 10.1. The zero-order valence-electron chi connectivity index (χ0n) is 19.5. The predicted molar refractivity (Wildman–Crippen MR) is 165 cm³/mol. The van der Waals surface area contributed by atoms with E-state index in [1.54, 1.807) is 22.3 Å². The minimum absolute atomic E-state index is 1.24. The molecule has 0 saturated carbocycles. The molecule has 0 saturated heterocycles. The Balaban J connectivity index is 1.15. The standard InChI is InChI=1S/C30H22S6/c1-5-17-19(7-1)29(35-27(17)23-9-3-15-31-23)25-13-11-21(33-25)22-12-14-26(34-22)30-20-8-2-6-18(20)28(36-30)24-10-4-16-32-24/h3-4,9-16H,1-2,5-8H2. The molecular formula is C30H22S6. The van der Waals surface area contributed by atoms with Gasteiger partial charge in [0.05, 0.1) is 0 Å². The van der Waals surface area contributed by atoms with Crippen molar-refractivity contribution in [1.82, 2.24) is 0 Å². The molecule has 0 spiro atoms. The first kappa shape index (κ1) is 22.2. The van der Waals surface area contributed by atoms with Gasteiger partial charge in [0.1, 0.15) is 0 Å². The Morgan fingerprint density at radius 2 is 0.778 bits per heavy atom. The summed E-state index contributed by atoms with van der Waals surface area (Å²) in [5.41, 5.74) is 6.50. The van der Waals surface area contributed by atoms with Gasteiger partial charge in [-0.25, -0.2) is 0 Å². The third kappa shape index (κ3) is 3.53. The maximum atomic E-state index is 2.37. The van der Waals surface area contributed by atoms with E-state index >= 15 is 0 Å². The average molecular weight is 575 g/mol. The van der Waals surface area contributed by atoms with Crippen LogP contribution in [0.15, 0.2) is 59.3 Å². The first-order valence-electron chi connectivity index (χ1n) is 12.4. The Morgan fingerprint density at radius 1 is 0.389 bits per heavy atom. The molecular weight excluding hydrogens is 553 g/mol. The van der Waals surface area contributed by atoms with Crippen molar-refractivity contribution >= 4 is 68.0 Å². The molecule has 178 valence electrons. The molecule has 2 aliphatic rings. The minimum atomic E-state index is 1.24. The largest absolute Gasteiger partial charge is 0.143 e. The molecule has 6 aromatic heterocycles. The molecule has 2 aliphatic carbocycles. The molecule has 6 heterocycles. The van der Waals surface area contributed by atoms with Crippen LogP contribution < -0.4 is 0 Å². The number of fused-ring (bicyclic) bond motifs is 2. The van der Waals surface area contributed by atoms with Crippen molar-refractivity contribution in [3.05, 3.63) is 81.5 Å². The van der Waals surface area contributed by atoms with Crippen LogP contribution in [0, 0.1) is 0 Å². The second kappa shape index (κ2) is 8.90. The molecule has 6 aromatic rings. The second-order valence-electron chi connectivity index (χ2n) is 9.42. The van der Waals surface area contributed by atoms with Crippen molar-refractivity contribution in [2.45, 2.75) is 38.5 Å². The molecule has 36 heavy (non-hydrogen) atoms. The molecule has 0 aliphatic heterocycles. The SMILES string of the molecule is c1csc(-c2sc(-c3ccc(-c4ccc(-c5sc(-c6cccs6)c6c5CCC6)s4)s3)c3c2CCC3)c1. The highest BCUT2D eigenvalue weighted by Gasteiger charge is 2.27. The summed E-state index contributed by atoms with van der Waals surface area (Å²) >= 11 is 11.8. The van der Waals surface area contributed by atoms with Gasteiger partial charge in [0.25, 0.3) is 0 Å². The molecule has 0 amide bonds. The summed E-state index contributed by atoms with van der Waals surface area (Å²) in [5.74, 6) is 0. The van der Waals surface area contributed by atoms with Crippen LogP contribution in [0.5, 0.6) is 0 Å². The van der Waals surface area contributed by atoms with E-state index in [4.69, 9.17) is 0 Å². The Bertz CT molecular complexity index is 1550. The van der Waals surface area contributed by atoms with Crippen molar-refractivity contribution in [3.63, 3.8) is 0 Å². The van der Waals surface area contributed by atoms with Crippen molar-refractivity contribution in [2.24, 2.45) is 0 Å². The van der Waals surface area contributed by atoms with E-state index in [1.807, 2.05) is 68.0 Å². The van der Waals surface area contributed by atoms with Crippen molar-refractivity contribution in [1.29, 1.82) is 0 Å². The quantitative estimate of drug-likeness (QED) is 0.192. The molecule has 0 atom stereocenters. The van der Waals surface area contributed by atoms with Gasteiger partial charge in [-0.15, -0.1) is 68.0 Å². The average Bonchev–Trinajstić information content (AvgIpc) is 3.74. The van der Waals surface area contributed by atoms with Crippen LogP contribution in [0.25, 0.3) is 48.8 Å². The second-order valence-corrected chi connectivity index (χ2v) is 15.5. The molecule has 0 N–H and O–H groups in total. The smallest absolute Gasteiger partial charge is 0.0484 e. The van der Waals surface area contributed by atoms with Gasteiger partial charge in [-0.2, -0.15) is 0 Å². The molecule has 0 radical (unpaired) electrons. The summed E-state index contributed by atoms with van der Waals surface area (Å²) in [4.78, 5) is 14.7. The van der Waals surface area contributed by atoms with E-state index < -0.39 is 0 Å². The van der Waals surface area contributed by atoms with Gasteiger partial charge in [0, 0.05) is 48.8 Å². The van der Waals surface area contributed by atoms with E-state index in [0.717, 1.165) is 0 Å². The Kier molecular flexibility index (Phi) is 5.49. The maximum absolute atomic E-state index is 2.37. The fourth-order valence-corrected chi connectivity index (χ4v) is 12.7.